The Morgan fingerprint density at radius 1 is 1.62 bits per heavy atom. The Morgan fingerprint density at radius 2 is 2.25 bits per heavy atom. The number of nitrogens with one attached hydrogen (secondary N) is 1. The van der Waals surface area contributed by atoms with Gasteiger partial charge in [-0.3, -0.25) is 0 Å². The van der Waals surface area contributed by atoms with Crippen LogP contribution in [0.15, 0.2) is 0 Å². The van der Waals surface area contributed by atoms with Gasteiger partial charge in [-0.25, -0.2) is 0 Å². The lowest BCUT2D eigenvalue weighted by Gasteiger charge is -2.14. The van der Waals surface area contributed by atoms with Crippen molar-refractivity contribution in [2.24, 2.45) is 5.92 Å². The van der Waals surface area contributed by atoms with Crippen LogP contribution < -0.4 is 5.06 Å². The van der Waals surface area contributed by atoms with E-state index < -0.39 is 0 Å². The van der Waals surface area contributed by atoms with Crippen LogP contribution in [-0.2, 0) is 0 Å². The van der Waals surface area contributed by atoms with Crippen LogP contribution in [0.25, 0.3) is 0 Å². The summed E-state index contributed by atoms with van der Waals surface area (Å²) in [7, 11) is 1.67. The summed E-state index contributed by atoms with van der Waals surface area (Å²) in [5.74, 6) is 0.916. The Morgan fingerprint density at radius 3 is 2.62 bits per heavy atom. The van der Waals surface area contributed by atoms with Crippen LogP contribution in [0.5, 0.6) is 0 Å². The van der Waals surface area contributed by atoms with E-state index in [0.717, 1.165) is 18.9 Å². The van der Waals surface area contributed by atoms with Crippen LogP contribution in [0.4, 0.5) is 0 Å². The van der Waals surface area contributed by atoms with Crippen molar-refractivity contribution in [3.05, 3.63) is 5.21 Å². The highest BCUT2D eigenvalue weighted by Crippen LogP contribution is 2.31. The SMILES string of the molecule is C[NH+]([O-])CCC1CC1. The minimum Gasteiger partial charge on any atom is -0.634 e. The molecular formula is C6H13NO. The van der Waals surface area contributed by atoms with Gasteiger partial charge in [0.2, 0.25) is 0 Å². The molecule has 1 fully saturated rings. The Hall–Kier alpha value is -0.0800. The molecule has 8 heavy (non-hydrogen) atoms. The highest BCUT2D eigenvalue weighted by Gasteiger charge is 2.20. The van der Waals surface area contributed by atoms with Crippen LogP contribution in [0.1, 0.15) is 19.3 Å². The van der Waals surface area contributed by atoms with E-state index in [1.165, 1.54) is 12.8 Å². The highest BCUT2D eigenvalue weighted by molar-refractivity contribution is 4.71. The second-order valence-electron chi connectivity index (χ2n) is 2.68. The van der Waals surface area contributed by atoms with Gasteiger partial charge in [0.05, 0.1) is 13.6 Å². The van der Waals surface area contributed by atoms with E-state index in [4.69, 9.17) is 0 Å². The molecule has 0 aromatic heterocycles. The molecule has 0 radical (unpaired) electrons. The number of hydrogen-bond donors (Lipinski definition) is 1. The van der Waals surface area contributed by atoms with Gasteiger partial charge in [-0.15, -0.1) is 0 Å². The van der Waals surface area contributed by atoms with Gasteiger partial charge < -0.3 is 10.3 Å². The minimum atomic E-state index is 0.344. The van der Waals surface area contributed by atoms with Gasteiger partial charge in [0.25, 0.3) is 0 Å². The predicted octanol–water partition coefficient (Wildman–Crippen LogP) is -0.201. The Balaban J connectivity index is 1.87. The van der Waals surface area contributed by atoms with Gasteiger partial charge in [-0.2, -0.15) is 0 Å². The molecule has 0 aromatic rings. The van der Waals surface area contributed by atoms with Gasteiger partial charge in [-0.05, 0) is 25.2 Å². The van der Waals surface area contributed by atoms with Gasteiger partial charge in [0, 0.05) is 0 Å². The summed E-state index contributed by atoms with van der Waals surface area (Å²) in [5, 5.41) is 10.7. The predicted molar refractivity (Wildman–Crippen MR) is 32.5 cm³/mol. The first-order valence-corrected chi connectivity index (χ1v) is 3.28. The molecule has 0 heterocycles. The minimum absolute atomic E-state index is 0.344. The maximum atomic E-state index is 10.4. The van der Waals surface area contributed by atoms with E-state index in [1.807, 2.05) is 0 Å². The molecule has 0 saturated heterocycles. The smallest absolute Gasteiger partial charge is 0.0768 e. The lowest BCUT2D eigenvalue weighted by Crippen LogP contribution is -3.03. The summed E-state index contributed by atoms with van der Waals surface area (Å²) < 4.78 is 0. The molecule has 0 bridgehead atoms. The third-order valence-corrected chi connectivity index (χ3v) is 1.60. The maximum absolute atomic E-state index is 10.4. The molecule has 0 aliphatic heterocycles. The zero-order chi connectivity index (χ0) is 5.98. The monoisotopic (exact) mass is 115 g/mol. The lowest BCUT2D eigenvalue weighted by molar-refractivity contribution is -0.826. The van der Waals surface area contributed by atoms with Gasteiger partial charge >= 0.3 is 0 Å². The van der Waals surface area contributed by atoms with E-state index >= 15 is 0 Å². The topological polar surface area (TPSA) is 27.5 Å². The number of hydrogen-bond acceptors (Lipinski definition) is 1. The summed E-state index contributed by atoms with van der Waals surface area (Å²) >= 11 is 0. The summed E-state index contributed by atoms with van der Waals surface area (Å²) in [5.41, 5.74) is 0. The quantitative estimate of drug-likeness (QED) is 0.507. The van der Waals surface area contributed by atoms with Crippen LogP contribution in [0, 0.1) is 11.1 Å². The van der Waals surface area contributed by atoms with E-state index in [9.17, 15) is 5.21 Å². The molecule has 1 saturated carbocycles. The van der Waals surface area contributed by atoms with Crippen molar-refractivity contribution >= 4 is 0 Å². The highest BCUT2D eigenvalue weighted by atomic mass is 16.5. The van der Waals surface area contributed by atoms with Crippen LogP contribution in [0.2, 0.25) is 0 Å². The maximum Gasteiger partial charge on any atom is 0.0768 e. The van der Waals surface area contributed by atoms with Crippen molar-refractivity contribution < 1.29 is 5.06 Å². The van der Waals surface area contributed by atoms with Crippen molar-refractivity contribution in [1.82, 2.24) is 0 Å². The molecule has 1 atom stereocenters. The van der Waals surface area contributed by atoms with Crippen molar-refractivity contribution in [1.29, 1.82) is 0 Å². The average molecular weight is 115 g/mol. The van der Waals surface area contributed by atoms with E-state index in [1.54, 1.807) is 7.05 Å². The third-order valence-electron chi connectivity index (χ3n) is 1.60. The number of hydroxylamine groups is 2. The molecular weight excluding hydrogens is 102 g/mol. The molecule has 1 rings (SSSR count). The standard InChI is InChI=1S/C6H13NO/c1-7(8)5-4-6-2-3-6/h6-7H,2-5H2,1H3. The fraction of sp³-hybridized carbons (Fsp3) is 1.00. The molecule has 48 valence electrons. The Labute approximate surface area is 50.1 Å². The molecule has 1 aliphatic rings. The summed E-state index contributed by atoms with van der Waals surface area (Å²) in [6.07, 6.45) is 3.88. The first-order chi connectivity index (χ1) is 3.79. The molecule has 2 nitrogen and oxygen atoms in total. The van der Waals surface area contributed by atoms with Crippen LogP contribution in [0.3, 0.4) is 0 Å². The van der Waals surface area contributed by atoms with Crippen molar-refractivity contribution in [2.45, 2.75) is 19.3 Å². The van der Waals surface area contributed by atoms with Gasteiger partial charge in [0.1, 0.15) is 0 Å². The second-order valence-corrected chi connectivity index (χ2v) is 2.68. The van der Waals surface area contributed by atoms with Gasteiger partial charge in [-0.1, -0.05) is 0 Å². The fourth-order valence-corrected chi connectivity index (χ4v) is 0.814. The van der Waals surface area contributed by atoms with Gasteiger partial charge in [0.15, 0.2) is 0 Å². The normalized spacial score (nSPS) is 23.2. The molecule has 0 amide bonds. The largest absolute Gasteiger partial charge is 0.634 e. The van der Waals surface area contributed by atoms with Crippen LogP contribution >= 0.6 is 0 Å². The fourth-order valence-electron chi connectivity index (χ4n) is 0.814. The lowest BCUT2D eigenvalue weighted by atomic mass is 10.3. The Bertz CT molecular complexity index is 66.9. The number of quaternary nitrogens is 1. The molecule has 1 N–H and O–H groups in total. The van der Waals surface area contributed by atoms with E-state index in [-0.39, 0.29) is 0 Å². The molecule has 0 aromatic carbocycles. The first-order valence-electron chi connectivity index (χ1n) is 3.28. The molecule has 1 unspecified atom stereocenters. The average Bonchev–Trinajstić information content (AvgIpc) is 2.41. The van der Waals surface area contributed by atoms with Crippen molar-refractivity contribution in [3.8, 4) is 0 Å². The van der Waals surface area contributed by atoms with E-state index in [0.29, 0.717) is 5.06 Å². The summed E-state index contributed by atoms with van der Waals surface area (Å²) in [6.45, 7) is 0.810. The first kappa shape index (κ1) is 6.05. The summed E-state index contributed by atoms with van der Waals surface area (Å²) in [4.78, 5) is 0. The summed E-state index contributed by atoms with van der Waals surface area (Å²) in [6, 6.07) is 0. The third kappa shape index (κ3) is 2.28. The Kier molecular flexibility index (Phi) is 1.86. The van der Waals surface area contributed by atoms with Crippen molar-refractivity contribution in [3.63, 3.8) is 0 Å². The number of rotatable bonds is 3. The molecule has 2 heteroatoms. The molecule has 0 spiro atoms. The molecule has 1 aliphatic carbocycles. The zero-order valence-corrected chi connectivity index (χ0v) is 5.31. The van der Waals surface area contributed by atoms with Crippen molar-refractivity contribution in [2.75, 3.05) is 13.6 Å². The van der Waals surface area contributed by atoms with E-state index in [2.05, 4.69) is 0 Å². The zero-order valence-electron chi connectivity index (χ0n) is 5.31. The van der Waals surface area contributed by atoms with Crippen LogP contribution in [-0.4, -0.2) is 13.6 Å². The second kappa shape index (κ2) is 2.46.